The highest BCUT2D eigenvalue weighted by Gasteiger charge is 2.06. The summed E-state index contributed by atoms with van der Waals surface area (Å²) in [5.74, 6) is 0.850. The van der Waals surface area contributed by atoms with E-state index >= 15 is 0 Å². The highest BCUT2D eigenvalue weighted by Crippen LogP contribution is 2.13. The number of aryl methyl sites for hydroxylation is 1. The number of carbonyl (C=O) groups is 1. The molecule has 5 heteroatoms. The number of benzene rings is 1. The van der Waals surface area contributed by atoms with Crippen LogP contribution in [0, 0.1) is 0 Å². The summed E-state index contributed by atoms with van der Waals surface area (Å²) in [4.78, 5) is 11.5. The van der Waals surface area contributed by atoms with E-state index in [0.29, 0.717) is 13.0 Å². The lowest BCUT2D eigenvalue weighted by Crippen LogP contribution is -2.41. The summed E-state index contributed by atoms with van der Waals surface area (Å²) < 4.78 is 5.11. The Bertz CT molecular complexity index is 393. The van der Waals surface area contributed by atoms with Crippen molar-refractivity contribution in [2.45, 2.75) is 32.2 Å². The van der Waals surface area contributed by atoms with Crippen LogP contribution in [0.25, 0.3) is 0 Å². The van der Waals surface area contributed by atoms with Crippen LogP contribution in [-0.4, -0.2) is 37.4 Å². The molecule has 0 heterocycles. The van der Waals surface area contributed by atoms with Gasteiger partial charge in [-0.2, -0.15) is 0 Å². The van der Waals surface area contributed by atoms with Crippen LogP contribution in [0.4, 0.5) is 4.79 Å². The van der Waals surface area contributed by atoms with Crippen molar-refractivity contribution < 1.29 is 14.6 Å². The van der Waals surface area contributed by atoms with Gasteiger partial charge in [-0.15, -0.1) is 0 Å². The molecule has 20 heavy (non-hydrogen) atoms. The van der Waals surface area contributed by atoms with Crippen LogP contribution in [0.2, 0.25) is 0 Å². The smallest absolute Gasteiger partial charge is 0.314 e. The summed E-state index contributed by atoms with van der Waals surface area (Å²) in [6, 6.07) is 7.87. The Morgan fingerprint density at radius 3 is 2.65 bits per heavy atom. The standard InChI is InChI=1S/C15H24N2O3/c1-12(17-15(19)16-10-3-11-18)4-5-13-6-8-14(20-2)9-7-13/h6-9,12,18H,3-5,10-11H2,1-2H3,(H2,16,17,19). The van der Waals surface area contributed by atoms with Crippen molar-refractivity contribution in [3.63, 3.8) is 0 Å². The van der Waals surface area contributed by atoms with E-state index in [1.54, 1.807) is 7.11 Å². The molecule has 0 spiro atoms. The second-order valence-electron chi connectivity index (χ2n) is 4.77. The fourth-order valence-electron chi connectivity index (χ4n) is 1.80. The summed E-state index contributed by atoms with van der Waals surface area (Å²) in [6.07, 6.45) is 2.36. The maximum Gasteiger partial charge on any atom is 0.314 e. The Hall–Kier alpha value is -1.75. The van der Waals surface area contributed by atoms with Crippen LogP contribution in [0.3, 0.4) is 0 Å². The minimum absolute atomic E-state index is 0.0906. The van der Waals surface area contributed by atoms with Crippen LogP contribution in [0.1, 0.15) is 25.3 Å². The molecular weight excluding hydrogens is 256 g/mol. The molecule has 0 bridgehead atoms. The van der Waals surface area contributed by atoms with Crippen molar-refractivity contribution in [2.75, 3.05) is 20.3 Å². The molecular formula is C15H24N2O3. The lowest BCUT2D eigenvalue weighted by atomic mass is 10.1. The average Bonchev–Trinajstić information content (AvgIpc) is 2.46. The third-order valence-corrected chi connectivity index (χ3v) is 3.02. The van der Waals surface area contributed by atoms with Crippen molar-refractivity contribution in [2.24, 2.45) is 0 Å². The molecule has 0 aliphatic carbocycles. The minimum atomic E-state index is -0.180. The van der Waals surface area contributed by atoms with Gasteiger partial charge in [-0.3, -0.25) is 0 Å². The van der Waals surface area contributed by atoms with Crippen molar-refractivity contribution >= 4 is 6.03 Å². The second-order valence-corrected chi connectivity index (χ2v) is 4.77. The molecule has 1 aromatic rings. The summed E-state index contributed by atoms with van der Waals surface area (Å²) in [7, 11) is 1.65. The molecule has 1 rings (SSSR count). The molecule has 0 radical (unpaired) electrons. The number of rotatable bonds is 8. The van der Waals surface area contributed by atoms with Gasteiger partial charge in [-0.05, 0) is 43.9 Å². The number of hydrogen-bond acceptors (Lipinski definition) is 3. The van der Waals surface area contributed by atoms with E-state index in [0.717, 1.165) is 18.6 Å². The van der Waals surface area contributed by atoms with E-state index in [4.69, 9.17) is 9.84 Å². The van der Waals surface area contributed by atoms with Gasteiger partial charge in [0, 0.05) is 19.2 Å². The Labute approximate surface area is 120 Å². The Kier molecular flexibility index (Phi) is 7.50. The average molecular weight is 280 g/mol. The van der Waals surface area contributed by atoms with E-state index in [2.05, 4.69) is 10.6 Å². The Morgan fingerprint density at radius 2 is 2.05 bits per heavy atom. The quantitative estimate of drug-likeness (QED) is 0.635. The summed E-state index contributed by atoms with van der Waals surface area (Å²) >= 11 is 0. The van der Waals surface area contributed by atoms with Gasteiger partial charge in [0.15, 0.2) is 0 Å². The second kappa shape index (κ2) is 9.20. The first-order valence-electron chi connectivity index (χ1n) is 6.94. The van der Waals surface area contributed by atoms with Gasteiger partial charge in [0.1, 0.15) is 5.75 Å². The molecule has 112 valence electrons. The zero-order valence-corrected chi connectivity index (χ0v) is 12.2. The number of hydrogen-bond donors (Lipinski definition) is 3. The van der Waals surface area contributed by atoms with E-state index in [9.17, 15) is 4.79 Å². The predicted molar refractivity (Wildman–Crippen MR) is 79.0 cm³/mol. The molecule has 0 aliphatic rings. The van der Waals surface area contributed by atoms with Crippen LogP contribution in [-0.2, 0) is 6.42 Å². The van der Waals surface area contributed by atoms with E-state index in [1.807, 2.05) is 31.2 Å². The number of methoxy groups -OCH3 is 1. The number of ether oxygens (including phenoxy) is 1. The van der Waals surface area contributed by atoms with Crippen molar-refractivity contribution in [3.8, 4) is 5.75 Å². The number of aliphatic hydroxyl groups is 1. The number of nitrogens with one attached hydrogen (secondary N) is 2. The maximum atomic E-state index is 11.5. The van der Waals surface area contributed by atoms with Crippen LogP contribution >= 0.6 is 0 Å². The third-order valence-electron chi connectivity index (χ3n) is 3.02. The zero-order valence-electron chi connectivity index (χ0n) is 12.2. The highest BCUT2D eigenvalue weighted by atomic mass is 16.5. The SMILES string of the molecule is COc1ccc(CCC(C)NC(=O)NCCCO)cc1. The molecule has 0 saturated heterocycles. The molecule has 3 N–H and O–H groups in total. The Balaban J connectivity index is 2.24. The van der Waals surface area contributed by atoms with Gasteiger partial charge >= 0.3 is 6.03 Å². The van der Waals surface area contributed by atoms with E-state index in [-0.39, 0.29) is 18.7 Å². The third kappa shape index (κ3) is 6.43. The maximum absolute atomic E-state index is 11.5. The molecule has 0 aliphatic heterocycles. The van der Waals surface area contributed by atoms with Gasteiger partial charge in [0.25, 0.3) is 0 Å². The van der Waals surface area contributed by atoms with E-state index < -0.39 is 0 Å². The lowest BCUT2D eigenvalue weighted by Gasteiger charge is -2.14. The topological polar surface area (TPSA) is 70.6 Å². The van der Waals surface area contributed by atoms with Crippen LogP contribution in [0.5, 0.6) is 5.75 Å². The van der Waals surface area contributed by atoms with Crippen LogP contribution in [0.15, 0.2) is 24.3 Å². The van der Waals surface area contributed by atoms with Gasteiger partial charge in [-0.1, -0.05) is 12.1 Å². The molecule has 1 atom stereocenters. The van der Waals surface area contributed by atoms with E-state index in [1.165, 1.54) is 5.56 Å². The van der Waals surface area contributed by atoms with Crippen molar-refractivity contribution in [1.82, 2.24) is 10.6 Å². The predicted octanol–water partition coefficient (Wildman–Crippen LogP) is 1.70. The summed E-state index contributed by atoms with van der Waals surface area (Å²) in [6.45, 7) is 2.57. The number of aliphatic hydroxyl groups excluding tert-OH is 1. The van der Waals surface area contributed by atoms with Gasteiger partial charge in [0.05, 0.1) is 7.11 Å². The minimum Gasteiger partial charge on any atom is -0.497 e. The number of carbonyl (C=O) groups excluding carboxylic acids is 1. The number of amides is 2. The fraction of sp³-hybridized carbons (Fsp3) is 0.533. The lowest BCUT2D eigenvalue weighted by molar-refractivity contribution is 0.234. The first-order valence-corrected chi connectivity index (χ1v) is 6.94. The van der Waals surface area contributed by atoms with Gasteiger partial charge in [-0.25, -0.2) is 4.79 Å². The van der Waals surface area contributed by atoms with Gasteiger partial charge in [0.2, 0.25) is 0 Å². The molecule has 2 amide bonds. The van der Waals surface area contributed by atoms with Crippen molar-refractivity contribution in [1.29, 1.82) is 0 Å². The normalized spacial score (nSPS) is 11.8. The van der Waals surface area contributed by atoms with Crippen LogP contribution < -0.4 is 15.4 Å². The first kappa shape index (κ1) is 16.3. The number of urea groups is 1. The molecule has 1 unspecified atom stereocenters. The monoisotopic (exact) mass is 280 g/mol. The molecule has 0 aromatic heterocycles. The Morgan fingerprint density at radius 1 is 1.35 bits per heavy atom. The largest absolute Gasteiger partial charge is 0.497 e. The molecule has 0 fully saturated rings. The van der Waals surface area contributed by atoms with Gasteiger partial charge < -0.3 is 20.5 Å². The molecule has 1 aromatic carbocycles. The fourth-order valence-corrected chi connectivity index (χ4v) is 1.80. The highest BCUT2D eigenvalue weighted by molar-refractivity contribution is 5.74. The van der Waals surface area contributed by atoms with Crippen molar-refractivity contribution in [3.05, 3.63) is 29.8 Å². The zero-order chi connectivity index (χ0) is 14.8. The summed E-state index contributed by atoms with van der Waals surface area (Å²) in [5.41, 5.74) is 1.22. The summed E-state index contributed by atoms with van der Waals surface area (Å²) in [5, 5.41) is 14.2. The molecule has 5 nitrogen and oxygen atoms in total. The first-order chi connectivity index (χ1) is 9.65. The molecule has 0 saturated carbocycles.